The van der Waals surface area contributed by atoms with Crippen LogP contribution in [-0.4, -0.2) is 5.91 Å². The fraction of sp³-hybridized carbons (Fsp3) is 0.385. The van der Waals surface area contributed by atoms with Crippen LogP contribution in [0.15, 0.2) is 18.2 Å². The summed E-state index contributed by atoms with van der Waals surface area (Å²) in [4.78, 5) is 11.8. The summed E-state index contributed by atoms with van der Waals surface area (Å²) < 4.78 is 13.0. The van der Waals surface area contributed by atoms with Crippen LogP contribution in [0, 0.1) is 35.9 Å². The van der Waals surface area contributed by atoms with E-state index in [1.54, 1.807) is 26.8 Å². The molecule has 1 unspecified atom stereocenters. The zero-order valence-electron chi connectivity index (χ0n) is 10.1. The fourth-order valence-corrected chi connectivity index (χ4v) is 1.45. The maximum absolute atomic E-state index is 13.0. The molecule has 1 rings (SSSR count). The van der Waals surface area contributed by atoms with Gasteiger partial charge >= 0.3 is 0 Å². The molecule has 0 aliphatic rings. The van der Waals surface area contributed by atoms with Crippen LogP contribution in [0.1, 0.15) is 19.4 Å². The minimum Gasteiger partial charge on any atom is -0.325 e. The molecule has 0 bridgehead atoms. The number of halogens is 1. The molecule has 0 radical (unpaired) electrons. The molecule has 0 saturated carbocycles. The van der Waals surface area contributed by atoms with Crippen LogP contribution in [0.2, 0.25) is 0 Å². The molecule has 1 amide bonds. The predicted molar refractivity (Wildman–Crippen MR) is 63.7 cm³/mol. The zero-order chi connectivity index (χ0) is 13.0. The Kier molecular flexibility index (Phi) is 4.22. The molecule has 17 heavy (non-hydrogen) atoms. The standard InChI is InChI=1S/C13H15FN2O/c1-8(2)11(7-15)13(17)16-12-6-10(14)5-4-9(12)3/h4-6,8,11H,1-3H3,(H,16,17). The van der Waals surface area contributed by atoms with Gasteiger partial charge in [0.15, 0.2) is 0 Å². The summed E-state index contributed by atoms with van der Waals surface area (Å²) in [6.45, 7) is 5.36. The number of anilines is 1. The Balaban J connectivity index is 2.88. The first-order chi connectivity index (χ1) is 7.95. The molecule has 1 aromatic rings. The quantitative estimate of drug-likeness (QED) is 0.874. The van der Waals surface area contributed by atoms with E-state index < -0.39 is 17.6 Å². The molecule has 0 fully saturated rings. The number of carbonyl (C=O) groups is 1. The van der Waals surface area contributed by atoms with Crippen molar-refractivity contribution in [3.8, 4) is 6.07 Å². The number of hydrogen-bond donors (Lipinski definition) is 1. The van der Waals surface area contributed by atoms with Crippen molar-refractivity contribution in [3.63, 3.8) is 0 Å². The van der Waals surface area contributed by atoms with Gasteiger partial charge in [0.05, 0.1) is 6.07 Å². The minimum absolute atomic E-state index is 0.0751. The molecular weight excluding hydrogens is 219 g/mol. The monoisotopic (exact) mass is 234 g/mol. The van der Waals surface area contributed by atoms with Crippen molar-refractivity contribution in [2.45, 2.75) is 20.8 Å². The van der Waals surface area contributed by atoms with Crippen molar-refractivity contribution < 1.29 is 9.18 Å². The van der Waals surface area contributed by atoms with Gasteiger partial charge in [0.2, 0.25) is 5.91 Å². The van der Waals surface area contributed by atoms with E-state index in [4.69, 9.17) is 5.26 Å². The third-order valence-electron chi connectivity index (χ3n) is 2.55. The highest BCUT2D eigenvalue weighted by Gasteiger charge is 2.22. The normalized spacial score (nSPS) is 12.0. The summed E-state index contributed by atoms with van der Waals surface area (Å²) >= 11 is 0. The van der Waals surface area contributed by atoms with E-state index >= 15 is 0 Å². The molecule has 4 heteroatoms. The van der Waals surface area contributed by atoms with E-state index in [9.17, 15) is 9.18 Å². The third kappa shape index (κ3) is 3.28. The maximum Gasteiger partial charge on any atom is 0.242 e. The van der Waals surface area contributed by atoms with E-state index in [0.717, 1.165) is 5.56 Å². The van der Waals surface area contributed by atoms with E-state index in [1.807, 2.05) is 6.07 Å². The van der Waals surface area contributed by atoms with Crippen LogP contribution in [0.25, 0.3) is 0 Å². The van der Waals surface area contributed by atoms with Crippen molar-refractivity contribution in [2.24, 2.45) is 11.8 Å². The average molecular weight is 234 g/mol. The molecule has 3 nitrogen and oxygen atoms in total. The van der Waals surface area contributed by atoms with Gasteiger partial charge in [-0.2, -0.15) is 5.26 Å². The topological polar surface area (TPSA) is 52.9 Å². The second-order valence-electron chi connectivity index (χ2n) is 4.30. The smallest absolute Gasteiger partial charge is 0.242 e. The van der Waals surface area contributed by atoms with Crippen LogP contribution in [0.5, 0.6) is 0 Å². The Morgan fingerprint density at radius 3 is 2.65 bits per heavy atom. The summed E-state index contributed by atoms with van der Waals surface area (Å²) in [7, 11) is 0. The summed E-state index contributed by atoms with van der Waals surface area (Å²) in [5, 5.41) is 11.5. The van der Waals surface area contributed by atoms with Crippen molar-refractivity contribution in [2.75, 3.05) is 5.32 Å². The lowest BCUT2D eigenvalue weighted by molar-refractivity contribution is -0.119. The number of benzene rings is 1. The van der Waals surface area contributed by atoms with Gasteiger partial charge in [0.25, 0.3) is 0 Å². The van der Waals surface area contributed by atoms with Crippen molar-refractivity contribution in [1.82, 2.24) is 0 Å². The third-order valence-corrected chi connectivity index (χ3v) is 2.55. The number of hydrogen-bond acceptors (Lipinski definition) is 2. The van der Waals surface area contributed by atoms with Gasteiger partial charge in [-0.25, -0.2) is 4.39 Å². The summed E-state index contributed by atoms with van der Waals surface area (Å²) in [6, 6.07) is 6.12. The summed E-state index contributed by atoms with van der Waals surface area (Å²) in [6.07, 6.45) is 0. The highest BCUT2D eigenvalue weighted by atomic mass is 19.1. The Hall–Kier alpha value is -1.89. The second kappa shape index (κ2) is 5.44. The Bertz CT molecular complexity index is 463. The first-order valence-corrected chi connectivity index (χ1v) is 5.42. The largest absolute Gasteiger partial charge is 0.325 e. The van der Waals surface area contributed by atoms with Crippen LogP contribution in [0.3, 0.4) is 0 Å². The lowest BCUT2D eigenvalue weighted by atomic mass is 9.96. The molecule has 0 aliphatic carbocycles. The molecule has 1 N–H and O–H groups in total. The number of amides is 1. The van der Waals surface area contributed by atoms with Gasteiger partial charge in [0.1, 0.15) is 11.7 Å². The van der Waals surface area contributed by atoms with Gasteiger partial charge in [-0.15, -0.1) is 0 Å². The summed E-state index contributed by atoms with van der Waals surface area (Å²) in [5.74, 6) is -1.60. The van der Waals surface area contributed by atoms with E-state index in [-0.39, 0.29) is 5.92 Å². The van der Waals surface area contributed by atoms with Crippen molar-refractivity contribution in [3.05, 3.63) is 29.6 Å². The van der Waals surface area contributed by atoms with Gasteiger partial charge in [-0.05, 0) is 30.5 Å². The predicted octanol–water partition coefficient (Wildman–Crippen LogP) is 2.87. The van der Waals surface area contributed by atoms with Crippen LogP contribution >= 0.6 is 0 Å². The molecule has 0 heterocycles. The zero-order valence-corrected chi connectivity index (χ0v) is 10.1. The Labute approximate surface area is 100 Å². The number of carbonyl (C=O) groups excluding carboxylic acids is 1. The maximum atomic E-state index is 13.0. The Morgan fingerprint density at radius 2 is 2.12 bits per heavy atom. The molecule has 0 saturated heterocycles. The molecular formula is C13H15FN2O. The molecule has 0 spiro atoms. The molecule has 90 valence electrons. The lowest BCUT2D eigenvalue weighted by Crippen LogP contribution is -2.26. The number of aryl methyl sites for hydroxylation is 1. The minimum atomic E-state index is -0.724. The van der Waals surface area contributed by atoms with Crippen molar-refractivity contribution >= 4 is 11.6 Å². The van der Waals surface area contributed by atoms with E-state index in [2.05, 4.69) is 5.32 Å². The van der Waals surface area contributed by atoms with Crippen LogP contribution < -0.4 is 5.32 Å². The van der Waals surface area contributed by atoms with Crippen LogP contribution in [-0.2, 0) is 4.79 Å². The van der Waals surface area contributed by atoms with E-state index in [1.165, 1.54) is 12.1 Å². The highest BCUT2D eigenvalue weighted by Crippen LogP contribution is 2.18. The van der Waals surface area contributed by atoms with Crippen LogP contribution in [0.4, 0.5) is 10.1 Å². The number of nitrogens with one attached hydrogen (secondary N) is 1. The molecule has 0 aliphatic heterocycles. The first kappa shape index (κ1) is 13.2. The van der Waals surface area contributed by atoms with Gasteiger partial charge in [0, 0.05) is 5.69 Å². The van der Waals surface area contributed by atoms with E-state index in [0.29, 0.717) is 5.69 Å². The molecule has 1 aromatic carbocycles. The fourth-order valence-electron chi connectivity index (χ4n) is 1.45. The molecule has 1 atom stereocenters. The average Bonchev–Trinajstić information content (AvgIpc) is 2.24. The van der Waals surface area contributed by atoms with Gasteiger partial charge in [-0.1, -0.05) is 19.9 Å². The number of nitriles is 1. The van der Waals surface area contributed by atoms with Crippen molar-refractivity contribution in [1.29, 1.82) is 5.26 Å². The first-order valence-electron chi connectivity index (χ1n) is 5.42. The lowest BCUT2D eigenvalue weighted by Gasteiger charge is -2.14. The van der Waals surface area contributed by atoms with Gasteiger partial charge < -0.3 is 5.32 Å². The number of nitrogens with zero attached hydrogens (tertiary/aromatic N) is 1. The Morgan fingerprint density at radius 1 is 1.47 bits per heavy atom. The number of rotatable bonds is 3. The highest BCUT2D eigenvalue weighted by molar-refractivity contribution is 5.94. The summed E-state index contributed by atoms with van der Waals surface area (Å²) in [5.41, 5.74) is 1.18. The SMILES string of the molecule is Cc1ccc(F)cc1NC(=O)C(C#N)C(C)C. The second-order valence-corrected chi connectivity index (χ2v) is 4.30. The van der Waals surface area contributed by atoms with Gasteiger partial charge in [-0.3, -0.25) is 4.79 Å². The molecule has 0 aromatic heterocycles.